The molecule has 1 aliphatic heterocycles. The minimum absolute atomic E-state index is 0.0000712. The van der Waals surface area contributed by atoms with Crippen LogP contribution in [0.15, 0.2) is 48.0 Å². The summed E-state index contributed by atoms with van der Waals surface area (Å²) in [6.07, 6.45) is 4.19. The largest absolute Gasteiger partial charge is 0.361 e. The number of likely N-dealkylation sites (tertiary alicyclic amines) is 1. The Bertz CT molecular complexity index is 1110. The number of para-hydroxylation sites is 1. The van der Waals surface area contributed by atoms with Crippen molar-refractivity contribution in [2.24, 2.45) is 5.92 Å². The Morgan fingerprint density at radius 1 is 1.15 bits per heavy atom. The molecule has 0 bridgehead atoms. The van der Waals surface area contributed by atoms with Crippen molar-refractivity contribution in [3.8, 4) is 0 Å². The van der Waals surface area contributed by atoms with Gasteiger partial charge in [-0.2, -0.15) is 0 Å². The number of carbonyl (C=O) groups is 2. The highest BCUT2D eigenvalue weighted by Gasteiger charge is 2.40. The molecule has 182 valence electrons. The molecule has 2 N–H and O–H groups in total. The third-order valence-corrected chi connectivity index (χ3v) is 8.51. The van der Waals surface area contributed by atoms with Gasteiger partial charge in [0, 0.05) is 41.5 Å². The van der Waals surface area contributed by atoms with E-state index < -0.39 is 0 Å². The summed E-state index contributed by atoms with van der Waals surface area (Å²) in [5.74, 6) is 0.322. The summed E-state index contributed by atoms with van der Waals surface area (Å²) in [5, 5.41) is 6.18. The van der Waals surface area contributed by atoms with E-state index in [9.17, 15) is 9.59 Å². The lowest BCUT2D eigenvalue weighted by atomic mass is 9.84. The molecule has 1 saturated heterocycles. The van der Waals surface area contributed by atoms with Gasteiger partial charge in [0.15, 0.2) is 0 Å². The molecule has 7 heteroatoms. The van der Waals surface area contributed by atoms with Gasteiger partial charge in [-0.15, -0.1) is 11.3 Å². The first-order valence-electron chi connectivity index (χ1n) is 12.1. The zero-order valence-electron chi connectivity index (χ0n) is 20.6. The summed E-state index contributed by atoms with van der Waals surface area (Å²) >= 11 is 1.78. The second-order valence-corrected chi connectivity index (χ2v) is 10.9. The number of aromatic nitrogens is 1. The minimum Gasteiger partial charge on any atom is -0.361 e. The maximum absolute atomic E-state index is 12.9. The number of H-pyrrole nitrogens is 1. The van der Waals surface area contributed by atoms with E-state index in [4.69, 9.17) is 0 Å². The molecule has 1 fully saturated rings. The maximum atomic E-state index is 12.9. The van der Waals surface area contributed by atoms with E-state index in [1.165, 1.54) is 4.88 Å². The number of piperidine rings is 1. The number of rotatable bonds is 8. The monoisotopic (exact) mass is 480 g/mol. The Morgan fingerprint density at radius 3 is 2.53 bits per heavy atom. The first-order valence-corrected chi connectivity index (χ1v) is 13.0. The summed E-state index contributed by atoms with van der Waals surface area (Å²) in [4.78, 5) is 34.6. The van der Waals surface area contributed by atoms with Gasteiger partial charge in [0.1, 0.15) is 0 Å². The molecule has 0 spiro atoms. The van der Waals surface area contributed by atoms with Crippen molar-refractivity contribution < 1.29 is 9.59 Å². The summed E-state index contributed by atoms with van der Waals surface area (Å²) < 4.78 is 0. The molecular formula is C27H36N4O2S. The average Bonchev–Trinajstić information content (AvgIpc) is 3.51. The summed E-state index contributed by atoms with van der Waals surface area (Å²) in [7, 11) is 4.24. The molecule has 1 aromatic carbocycles. The smallest absolute Gasteiger partial charge is 0.241 e. The molecule has 0 radical (unpaired) electrons. The van der Waals surface area contributed by atoms with Gasteiger partial charge in [0.05, 0.1) is 12.1 Å². The Balaban J connectivity index is 1.33. The molecule has 1 aliphatic rings. The molecule has 0 saturated carbocycles. The highest BCUT2D eigenvalue weighted by Crippen LogP contribution is 2.39. The molecule has 4 rings (SSSR count). The average molecular weight is 481 g/mol. The predicted octanol–water partition coefficient (Wildman–Crippen LogP) is 4.55. The fourth-order valence-electron chi connectivity index (χ4n) is 5.25. The fraction of sp³-hybridized carbons (Fsp3) is 0.481. The van der Waals surface area contributed by atoms with Crippen molar-refractivity contribution in [2.45, 2.75) is 44.6 Å². The molecule has 0 aliphatic carbocycles. The number of thiophene rings is 1. The van der Waals surface area contributed by atoms with Crippen molar-refractivity contribution in [3.05, 3.63) is 58.4 Å². The van der Waals surface area contributed by atoms with Crippen molar-refractivity contribution >= 4 is 34.1 Å². The summed E-state index contributed by atoms with van der Waals surface area (Å²) in [6.45, 7) is 5.75. The summed E-state index contributed by atoms with van der Waals surface area (Å²) in [5.41, 5.74) is 2.23. The maximum Gasteiger partial charge on any atom is 0.241 e. The third kappa shape index (κ3) is 4.91. The number of fused-ring (bicyclic) bond motifs is 1. The van der Waals surface area contributed by atoms with Crippen molar-refractivity contribution in [1.29, 1.82) is 0 Å². The molecule has 34 heavy (non-hydrogen) atoms. The van der Waals surface area contributed by atoms with Gasteiger partial charge in [-0.3, -0.25) is 14.5 Å². The Labute approximate surface area is 206 Å². The normalized spacial score (nSPS) is 16.8. The first-order chi connectivity index (χ1) is 16.3. The zero-order valence-corrected chi connectivity index (χ0v) is 21.5. The Kier molecular flexibility index (Phi) is 7.43. The highest BCUT2D eigenvalue weighted by molar-refractivity contribution is 7.10. The van der Waals surface area contributed by atoms with E-state index in [0.29, 0.717) is 25.4 Å². The lowest BCUT2D eigenvalue weighted by Gasteiger charge is -2.45. The Morgan fingerprint density at radius 2 is 1.88 bits per heavy atom. The van der Waals surface area contributed by atoms with Gasteiger partial charge < -0.3 is 15.2 Å². The van der Waals surface area contributed by atoms with E-state index in [-0.39, 0.29) is 29.8 Å². The molecule has 6 nitrogen and oxygen atoms in total. The van der Waals surface area contributed by atoms with Crippen LogP contribution >= 0.6 is 11.3 Å². The number of amides is 2. The molecule has 1 unspecified atom stereocenters. The second kappa shape index (κ2) is 10.3. The minimum atomic E-state index is -0.0736. The molecule has 3 heterocycles. The number of hydrogen-bond donors (Lipinski definition) is 2. The van der Waals surface area contributed by atoms with E-state index in [1.807, 2.05) is 23.2 Å². The van der Waals surface area contributed by atoms with Crippen LogP contribution < -0.4 is 5.32 Å². The van der Waals surface area contributed by atoms with E-state index >= 15 is 0 Å². The van der Waals surface area contributed by atoms with Gasteiger partial charge in [0.25, 0.3) is 0 Å². The van der Waals surface area contributed by atoms with E-state index in [1.54, 1.807) is 11.3 Å². The highest BCUT2D eigenvalue weighted by atomic mass is 32.1. The van der Waals surface area contributed by atoms with Crippen LogP contribution in [0, 0.1) is 5.92 Å². The molecular weight excluding hydrogens is 444 g/mol. The number of carbonyl (C=O) groups excluding carboxylic acids is 2. The number of nitrogens with zero attached hydrogens (tertiary/aromatic N) is 2. The van der Waals surface area contributed by atoms with Crippen molar-refractivity contribution in [3.63, 3.8) is 0 Å². The van der Waals surface area contributed by atoms with Gasteiger partial charge in [0.2, 0.25) is 11.8 Å². The van der Waals surface area contributed by atoms with Gasteiger partial charge in [-0.1, -0.05) is 38.1 Å². The van der Waals surface area contributed by atoms with E-state index in [2.05, 4.69) is 72.8 Å². The number of aromatic amines is 1. The van der Waals surface area contributed by atoms with Crippen LogP contribution in [0.4, 0.5) is 0 Å². The lowest BCUT2D eigenvalue weighted by molar-refractivity contribution is -0.135. The molecule has 3 aromatic rings. The third-order valence-electron chi connectivity index (χ3n) is 7.45. The summed E-state index contributed by atoms with van der Waals surface area (Å²) in [6, 6.07) is 12.5. The van der Waals surface area contributed by atoms with Crippen molar-refractivity contribution in [2.75, 3.05) is 33.7 Å². The molecule has 1 atom stereocenters. The topological polar surface area (TPSA) is 68.4 Å². The predicted molar refractivity (Wildman–Crippen MR) is 139 cm³/mol. The van der Waals surface area contributed by atoms with Gasteiger partial charge in [-0.25, -0.2) is 0 Å². The fourth-order valence-corrected chi connectivity index (χ4v) is 6.31. The van der Waals surface area contributed by atoms with Crippen LogP contribution in [-0.2, 0) is 15.1 Å². The van der Waals surface area contributed by atoms with Crippen LogP contribution in [0.1, 0.15) is 49.5 Å². The number of nitrogens with one attached hydrogen (secondary N) is 2. The molecule has 2 aromatic heterocycles. The second-order valence-electron chi connectivity index (χ2n) is 9.91. The Hall–Kier alpha value is -2.64. The number of hydrogen-bond acceptors (Lipinski definition) is 4. The van der Waals surface area contributed by atoms with Crippen molar-refractivity contribution in [1.82, 2.24) is 20.1 Å². The first kappa shape index (κ1) is 24.5. The standard InChI is InChI=1S/C27H36N4O2S/c1-19(2)21(22-17-28-23-9-6-5-8-20(22)23)16-25(32)29-18-26(33)31-13-11-27(12-14-31,30(3)4)24-10-7-15-34-24/h5-10,15,17,19,21,28H,11-14,16,18H2,1-4H3,(H,29,32). The van der Waals surface area contributed by atoms with Crippen LogP contribution in [0.25, 0.3) is 10.9 Å². The van der Waals surface area contributed by atoms with Crippen LogP contribution in [0.5, 0.6) is 0 Å². The SMILES string of the molecule is CC(C)C(CC(=O)NCC(=O)N1CCC(c2cccs2)(N(C)C)CC1)c1c[nH]c2ccccc12. The quantitative estimate of drug-likeness (QED) is 0.497. The zero-order chi connectivity index (χ0) is 24.3. The van der Waals surface area contributed by atoms with Gasteiger partial charge >= 0.3 is 0 Å². The number of benzene rings is 1. The van der Waals surface area contributed by atoms with Gasteiger partial charge in [-0.05, 0) is 61.8 Å². The van der Waals surface area contributed by atoms with E-state index in [0.717, 1.165) is 29.3 Å². The molecule has 2 amide bonds. The lowest BCUT2D eigenvalue weighted by Crippen LogP contribution is -2.52. The van der Waals surface area contributed by atoms with Crippen LogP contribution in [0.3, 0.4) is 0 Å². The van der Waals surface area contributed by atoms with Crippen LogP contribution in [-0.4, -0.2) is 60.3 Å². The van der Waals surface area contributed by atoms with Crippen LogP contribution in [0.2, 0.25) is 0 Å².